The SMILES string of the molecule is CCOc1cccc2cc(C(C)NC(=O)/C=C/c3ccc(S(=O)(=O)N4CCOCC4)cc3)oc12. The van der Waals surface area contributed by atoms with Crippen molar-refractivity contribution < 1.29 is 27.1 Å². The second kappa shape index (κ2) is 10.4. The van der Waals surface area contributed by atoms with E-state index in [4.69, 9.17) is 13.9 Å². The van der Waals surface area contributed by atoms with Gasteiger partial charge >= 0.3 is 0 Å². The van der Waals surface area contributed by atoms with E-state index in [2.05, 4.69) is 5.32 Å². The Kier molecular flexibility index (Phi) is 7.35. The molecular formula is C25H28N2O6S. The van der Waals surface area contributed by atoms with Crippen LogP contribution in [0.1, 0.15) is 31.2 Å². The molecule has 34 heavy (non-hydrogen) atoms. The normalized spacial score (nSPS) is 16.1. The van der Waals surface area contributed by atoms with Gasteiger partial charge in [-0.05, 0) is 49.8 Å². The van der Waals surface area contributed by atoms with Crippen LogP contribution in [-0.2, 0) is 19.6 Å². The van der Waals surface area contributed by atoms with Crippen molar-refractivity contribution in [2.75, 3.05) is 32.9 Å². The quantitative estimate of drug-likeness (QED) is 0.489. The smallest absolute Gasteiger partial charge is 0.244 e. The van der Waals surface area contributed by atoms with Crippen LogP contribution in [0.25, 0.3) is 17.0 Å². The number of carbonyl (C=O) groups is 1. The van der Waals surface area contributed by atoms with Crippen molar-refractivity contribution in [3.8, 4) is 5.75 Å². The number of ether oxygens (including phenoxy) is 2. The van der Waals surface area contributed by atoms with E-state index in [1.807, 2.05) is 38.1 Å². The van der Waals surface area contributed by atoms with Crippen LogP contribution in [-0.4, -0.2) is 51.5 Å². The number of morpholine rings is 1. The zero-order valence-electron chi connectivity index (χ0n) is 19.2. The van der Waals surface area contributed by atoms with Crippen LogP contribution in [0, 0.1) is 0 Å². The van der Waals surface area contributed by atoms with Crippen LogP contribution in [0.2, 0.25) is 0 Å². The summed E-state index contributed by atoms with van der Waals surface area (Å²) in [4.78, 5) is 12.7. The van der Waals surface area contributed by atoms with Crippen LogP contribution in [0.5, 0.6) is 5.75 Å². The minimum absolute atomic E-state index is 0.223. The van der Waals surface area contributed by atoms with Crippen molar-refractivity contribution in [1.82, 2.24) is 9.62 Å². The van der Waals surface area contributed by atoms with E-state index in [0.717, 1.165) is 5.39 Å². The molecule has 0 bridgehead atoms. The summed E-state index contributed by atoms with van der Waals surface area (Å²) in [5.74, 6) is 1.01. The molecule has 2 aromatic carbocycles. The summed E-state index contributed by atoms with van der Waals surface area (Å²) in [7, 11) is -3.54. The number of benzene rings is 2. The Bertz CT molecular complexity index is 1270. The summed E-state index contributed by atoms with van der Waals surface area (Å²) >= 11 is 0. The van der Waals surface area contributed by atoms with Gasteiger partial charge in [0.2, 0.25) is 15.9 Å². The highest BCUT2D eigenvalue weighted by Crippen LogP contribution is 2.31. The molecule has 1 atom stereocenters. The fourth-order valence-corrected chi connectivity index (χ4v) is 5.14. The molecule has 1 aliphatic rings. The third-order valence-corrected chi connectivity index (χ3v) is 7.44. The van der Waals surface area contributed by atoms with Crippen LogP contribution in [0.15, 0.2) is 63.9 Å². The minimum Gasteiger partial charge on any atom is -0.490 e. The second-order valence-corrected chi connectivity index (χ2v) is 9.84. The van der Waals surface area contributed by atoms with Gasteiger partial charge in [0.25, 0.3) is 0 Å². The first kappa shape index (κ1) is 24.0. The summed E-state index contributed by atoms with van der Waals surface area (Å²) in [6.07, 6.45) is 3.05. The van der Waals surface area contributed by atoms with Gasteiger partial charge in [0.05, 0.1) is 30.8 Å². The fraction of sp³-hybridized carbons (Fsp3) is 0.320. The highest BCUT2D eigenvalue weighted by atomic mass is 32.2. The molecular weight excluding hydrogens is 456 g/mol. The Labute approximate surface area is 199 Å². The number of furan rings is 1. The molecule has 1 saturated heterocycles. The lowest BCUT2D eigenvalue weighted by atomic mass is 10.2. The lowest BCUT2D eigenvalue weighted by molar-refractivity contribution is -0.117. The Morgan fingerprint density at radius 3 is 2.62 bits per heavy atom. The first-order valence-corrected chi connectivity index (χ1v) is 12.6. The highest BCUT2D eigenvalue weighted by Gasteiger charge is 2.26. The Balaban J connectivity index is 1.39. The van der Waals surface area contributed by atoms with Gasteiger partial charge in [-0.15, -0.1) is 0 Å². The molecule has 2 heterocycles. The monoisotopic (exact) mass is 484 g/mol. The number of nitrogens with zero attached hydrogens (tertiary/aromatic N) is 1. The molecule has 1 N–H and O–H groups in total. The molecule has 8 nitrogen and oxygen atoms in total. The largest absolute Gasteiger partial charge is 0.490 e. The van der Waals surface area contributed by atoms with E-state index in [1.54, 1.807) is 30.3 Å². The summed E-state index contributed by atoms with van der Waals surface area (Å²) in [5, 5.41) is 3.79. The number of para-hydroxylation sites is 1. The summed E-state index contributed by atoms with van der Waals surface area (Å²) in [6, 6.07) is 13.7. The van der Waals surface area contributed by atoms with E-state index in [0.29, 0.717) is 55.6 Å². The number of fused-ring (bicyclic) bond motifs is 1. The Hall–Kier alpha value is -3.14. The van der Waals surface area contributed by atoms with Crippen molar-refractivity contribution >= 4 is 33.0 Å². The number of amides is 1. The van der Waals surface area contributed by atoms with Crippen LogP contribution >= 0.6 is 0 Å². The van der Waals surface area contributed by atoms with Crippen LogP contribution < -0.4 is 10.1 Å². The molecule has 1 aromatic heterocycles. The van der Waals surface area contributed by atoms with Gasteiger partial charge in [-0.3, -0.25) is 4.79 Å². The third-order valence-electron chi connectivity index (χ3n) is 5.53. The van der Waals surface area contributed by atoms with Crippen LogP contribution in [0.3, 0.4) is 0 Å². The maximum absolute atomic E-state index is 12.7. The lowest BCUT2D eigenvalue weighted by Gasteiger charge is -2.26. The van der Waals surface area contributed by atoms with E-state index in [-0.39, 0.29) is 16.8 Å². The van der Waals surface area contributed by atoms with Crippen molar-refractivity contribution in [3.05, 3.63) is 65.9 Å². The molecule has 1 aliphatic heterocycles. The molecule has 180 valence electrons. The second-order valence-electron chi connectivity index (χ2n) is 7.91. The molecule has 1 unspecified atom stereocenters. The van der Waals surface area contributed by atoms with Gasteiger partial charge in [0.1, 0.15) is 5.76 Å². The fourth-order valence-electron chi connectivity index (χ4n) is 3.73. The molecule has 9 heteroatoms. The standard InChI is InChI=1S/C25H28N2O6S/c1-3-32-22-6-4-5-20-17-23(33-25(20)22)18(2)26-24(28)12-9-19-7-10-21(11-8-19)34(29,30)27-13-15-31-16-14-27/h4-12,17-18H,3,13-16H2,1-2H3,(H,26,28)/b12-9+. The molecule has 1 fully saturated rings. The molecule has 0 saturated carbocycles. The number of carbonyl (C=O) groups excluding carboxylic acids is 1. The zero-order valence-corrected chi connectivity index (χ0v) is 20.0. The maximum atomic E-state index is 12.7. The van der Waals surface area contributed by atoms with E-state index in [9.17, 15) is 13.2 Å². The third kappa shape index (κ3) is 5.32. The number of rotatable bonds is 8. The number of hydrogen-bond donors (Lipinski definition) is 1. The van der Waals surface area contributed by atoms with Crippen molar-refractivity contribution in [3.63, 3.8) is 0 Å². The molecule has 0 spiro atoms. The molecule has 0 radical (unpaired) electrons. The minimum atomic E-state index is -3.54. The first-order valence-electron chi connectivity index (χ1n) is 11.2. The van der Waals surface area contributed by atoms with E-state index >= 15 is 0 Å². The van der Waals surface area contributed by atoms with Crippen molar-refractivity contribution in [2.24, 2.45) is 0 Å². The van der Waals surface area contributed by atoms with E-state index < -0.39 is 10.0 Å². The summed E-state index contributed by atoms with van der Waals surface area (Å²) in [5.41, 5.74) is 1.37. The van der Waals surface area contributed by atoms with Crippen molar-refractivity contribution in [2.45, 2.75) is 24.8 Å². The van der Waals surface area contributed by atoms with Gasteiger partial charge in [0, 0.05) is 24.6 Å². The van der Waals surface area contributed by atoms with Gasteiger partial charge < -0.3 is 19.2 Å². The van der Waals surface area contributed by atoms with E-state index in [1.165, 1.54) is 10.4 Å². The molecule has 1 amide bonds. The molecule has 3 aromatic rings. The Morgan fingerprint density at radius 1 is 1.18 bits per heavy atom. The van der Waals surface area contributed by atoms with Crippen molar-refractivity contribution in [1.29, 1.82) is 0 Å². The topological polar surface area (TPSA) is 98.1 Å². The molecule has 4 rings (SSSR count). The number of sulfonamides is 1. The highest BCUT2D eigenvalue weighted by molar-refractivity contribution is 7.89. The maximum Gasteiger partial charge on any atom is 0.244 e. The number of nitrogens with one attached hydrogen (secondary N) is 1. The number of hydrogen-bond acceptors (Lipinski definition) is 6. The van der Waals surface area contributed by atoms with Gasteiger partial charge in [0.15, 0.2) is 11.3 Å². The zero-order chi connectivity index (χ0) is 24.1. The predicted molar refractivity (Wildman–Crippen MR) is 129 cm³/mol. The first-order chi connectivity index (χ1) is 16.4. The predicted octanol–water partition coefficient (Wildman–Crippen LogP) is 3.74. The van der Waals surface area contributed by atoms with Gasteiger partial charge in [-0.2, -0.15) is 4.31 Å². The van der Waals surface area contributed by atoms with Gasteiger partial charge in [-0.25, -0.2) is 8.42 Å². The van der Waals surface area contributed by atoms with Gasteiger partial charge in [-0.1, -0.05) is 24.3 Å². The lowest BCUT2D eigenvalue weighted by Crippen LogP contribution is -2.40. The molecule has 0 aliphatic carbocycles. The van der Waals surface area contributed by atoms with Crippen LogP contribution in [0.4, 0.5) is 0 Å². The summed E-state index contributed by atoms with van der Waals surface area (Å²) in [6.45, 7) is 5.78. The average Bonchev–Trinajstić information content (AvgIpc) is 3.29. The summed E-state index contributed by atoms with van der Waals surface area (Å²) < 4.78 is 43.6. The average molecular weight is 485 g/mol. The Morgan fingerprint density at radius 2 is 1.91 bits per heavy atom.